The van der Waals surface area contributed by atoms with E-state index in [-0.39, 0.29) is 5.41 Å². The molecule has 4 rings (SSSR count). The van der Waals surface area contributed by atoms with Crippen molar-refractivity contribution in [3.05, 3.63) is 66.0 Å². The maximum Gasteiger partial charge on any atom is 0.249 e. The van der Waals surface area contributed by atoms with Gasteiger partial charge in [0.05, 0.1) is 11.3 Å². The molecule has 0 aliphatic carbocycles. The molecule has 174 valence electrons. The van der Waals surface area contributed by atoms with Gasteiger partial charge in [0.1, 0.15) is 18.5 Å². The fraction of sp³-hybridized carbons (Fsp3) is 0.250. The van der Waals surface area contributed by atoms with Gasteiger partial charge in [-0.2, -0.15) is 14.8 Å². The molecule has 0 saturated carbocycles. The zero-order valence-corrected chi connectivity index (χ0v) is 19.8. The summed E-state index contributed by atoms with van der Waals surface area (Å²) in [5, 5.41) is 10.6. The number of rotatable bonds is 6. The lowest BCUT2D eigenvalue weighted by molar-refractivity contribution is 0.100. The standard InChI is InChI=1S/C24H27N9O/c1-14-6-7-15(20-16(22(25)34)8-9-27-21(20)24(2,3)4)10-17(14)32-23-30-13-31-33(23)19-11-18(26-5)28-12-29-19/h6-13H,1-5H3,(H2,25,34)(H,26,28,29)(H,30,31,32). The normalized spacial score (nSPS) is 11.3. The second-order valence-corrected chi connectivity index (χ2v) is 8.86. The summed E-state index contributed by atoms with van der Waals surface area (Å²) in [7, 11) is 1.78. The van der Waals surface area contributed by atoms with Crippen LogP contribution in [0.15, 0.2) is 49.2 Å². The molecule has 0 bridgehead atoms. The SMILES string of the molecule is CNc1cc(-n2ncnc2Nc2cc(-c3c(C(N)=O)ccnc3C(C)(C)C)ccc2C)ncn1. The van der Waals surface area contributed by atoms with Gasteiger partial charge in [0.15, 0.2) is 5.82 Å². The molecule has 0 unspecified atom stereocenters. The zero-order valence-electron chi connectivity index (χ0n) is 19.8. The Morgan fingerprint density at radius 2 is 1.82 bits per heavy atom. The number of anilines is 3. The smallest absolute Gasteiger partial charge is 0.249 e. The van der Waals surface area contributed by atoms with Gasteiger partial charge in [0.2, 0.25) is 11.9 Å². The van der Waals surface area contributed by atoms with Crippen LogP contribution in [0.25, 0.3) is 16.9 Å². The second-order valence-electron chi connectivity index (χ2n) is 8.86. The molecule has 0 aliphatic heterocycles. The average Bonchev–Trinajstić information content (AvgIpc) is 3.27. The minimum Gasteiger partial charge on any atom is -0.373 e. The van der Waals surface area contributed by atoms with Gasteiger partial charge in [0, 0.05) is 36.0 Å². The number of nitrogens with zero attached hydrogens (tertiary/aromatic N) is 6. The number of aryl methyl sites for hydroxylation is 1. The third-order valence-electron chi connectivity index (χ3n) is 5.37. The summed E-state index contributed by atoms with van der Waals surface area (Å²) in [5.74, 6) is 1.21. The fourth-order valence-electron chi connectivity index (χ4n) is 3.65. The lowest BCUT2D eigenvalue weighted by Gasteiger charge is -2.23. The monoisotopic (exact) mass is 457 g/mol. The number of carbonyl (C=O) groups is 1. The van der Waals surface area contributed by atoms with Crippen LogP contribution in [0.5, 0.6) is 0 Å². The summed E-state index contributed by atoms with van der Waals surface area (Å²) in [5.41, 5.74) is 9.99. The summed E-state index contributed by atoms with van der Waals surface area (Å²) >= 11 is 0. The van der Waals surface area contributed by atoms with Crippen LogP contribution < -0.4 is 16.4 Å². The number of carbonyl (C=O) groups excluding carboxylic acids is 1. The number of nitrogens with one attached hydrogen (secondary N) is 2. The highest BCUT2D eigenvalue weighted by Gasteiger charge is 2.25. The molecule has 0 fully saturated rings. The predicted octanol–water partition coefficient (Wildman–Crippen LogP) is 3.61. The Morgan fingerprint density at radius 3 is 2.53 bits per heavy atom. The second kappa shape index (κ2) is 8.89. The summed E-state index contributed by atoms with van der Waals surface area (Å²) < 4.78 is 1.59. The summed E-state index contributed by atoms with van der Waals surface area (Å²) in [6.45, 7) is 8.15. The first-order chi connectivity index (χ1) is 16.2. The molecule has 3 heterocycles. The Bertz CT molecular complexity index is 1350. The van der Waals surface area contributed by atoms with Gasteiger partial charge in [0.25, 0.3) is 0 Å². The average molecular weight is 458 g/mol. The molecule has 4 aromatic rings. The van der Waals surface area contributed by atoms with Gasteiger partial charge in [-0.05, 0) is 30.2 Å². The van der Waals surface area contributed by atoms with Gasteiger partial charge in [-0.15, -0.1) is 0 Å². The van der Waals surface area contributed by atoms with E-state index in [2.05, 4.69) is 56.4 Å². The highest BCUT2D eigenvalue weighted by Crippen LogP contribution is 2.36. The van der Waals surface area contributed by atoms with Gasteiger partial charge < -0.3 is 16.4 Å². The van der Waals surface area contributed by atoms with Crippen LogP contribution in [0.2, 0.25) is 0 Å². The number of hydrogen-bond donors (Lipinski definition) is 3. The number of primary amides is 1. The van der Waals surface area contributed by atoms with E-state index >= 15 is 0 Å². The Labute approximate surface area is 197 Å². The Kier molecular flexibility index (Phi) is 5.97. The molecular formula is C24H27N9O. The lowest BCUT2D eigenvalue weighted by atomic mass is 9.83. The van der Waals surface area contributed by atoms with Crippen molar-refractivity contribution in [2.24, 2.45) is 5.73 Å². The predicted molar refractivity (Wildman–Crippen MR) is 131 cm³/mol. The molecule has 0 spiro atoms. The maximum atomic E-state index is 12.3. The molecule has 4 N–H and O–H groups in total. The van der Waals surface area contributed by atoms with Crippen LogP contribution >= 0.6 is 0 Å². The Hall–Kier alpha value is -4.34. The van der Waals surface area contributed by atoms with Crippen LogP contribution in [0.4, 0.5) is 17.5 Å². The molecular weight excluding hydrogens is 430 g/mol. The van der Waals surface area contributed by atoms with Crippen LogP contribution in [-0.2, 0) is 5.41 Å². The highest BCUT2D eigenvalue weighted by atomic mass is 16.1. The third kappa shape index (κ3) is 4.42. The number of pyridine rings is 1. The van der Waals surface area contributed by atoms with Crippen molar-refractivity contribution in [2.75, 3.05) is 17.7 Å². The largest absolute Gasteiger partial charge is 0.373 e. The van der Waals surface area contributed by atoms with Crippen molar-refractivity contribution in [3.63, 3.8) is 0 Å². The molecule has 0 saturated heterocycles. The van der Waals surface area contributed by atoms with Crippen molar-refractivity contribution < 1.29 is 4.79 Å². The quantitative estimate of drug-likeness (QED) is 0.399. The minimum atomic E-state index is -0.498. The zero-order chi connectivity index (χ0) is 24.5. The number of amides is 1. The third-order valence-corrected chi connectivity index (χ3v) is 5.37. The van der Waals surface area contributed by atoms with Crippen LogP contribution in [0.3, 0.4) is 0 Å². The van der Waals surface area contributed by atoms with E-state index in [1.165, 1.54) is 12.7 Å². The van der Waals surface area contributed by atoms with Gasteiger partial charge in [-0.1, -0.05) is 32.9 Å². The summed E-state index contributed by atoms with van der Waals surface area (Å²) in [6.07, 6.45) is 4.54. The van der Waals surface area contributed by atoms with Crippen molar-refractivity contribution in [1.82, 2.24) is 29.7 Å². The molecule has 34 heavy (non-hydrogen) atoms. The molecule has 3 aromatic heterocycles. The number of nitrogens with two attached hydrogens (primary N) is 1. The van der Waals surface area contributed by atoms with E-state index in [0.29, 0.717) is 23.1 Å². The fourth-order valence-corrected chi connectivity index (χ4v) is 3.65. The van der Waals surface area contributed by atoms with E-state index in [1.807, 2.05) is 25.1 Å². The molecule has 0 atom stereocenters. The topological polar surface area (TPSA) is 137 Å². The van der Waals surface area contributed by atoms with Crippen molar-refractivity contribution in [1.29, 1.82) is 0 Å². The number of hydrogen-bond acceptors (Lipinski definition) is 8. The molecule has 1 amide bonds. The molecule has 0 radical (unpaired) electrons. The molecule has 1 aromatic carbocycles. The van der Waals surface area contributed by atoms with Gasteiger partial charge in [-0.3, -0.25) is 9.78 Å². The first kappa shape index (κ1) is 22.8. The lowest BCUT2D eigenvalue weighted by Crippen LogP contribution is -2.20. The first-order valence-electron chi connectivity index (χ1n) is 10.8. The van der Waals surface area contributed by atoms with Crippen molar-refractivity contribution >= 4 is 23.4 Å². The number of aromatic nitrogens is 6. The summed E-state index contributed by atoms with van der Waals surface area (Å²) in [4.78, 5) is 29.7. The maximum absolute atomic E-state index is 12.3. The highest BCUT2D eigenvalue weighted by molar-refractivity contribution is 6.00. The van der Waals surface area contributed by atoms with E-state index in [4.69, 9.17) is 5.73 Å². The number of benzene rings is 1. The molecule has 10 heteroatoms. The molecule has 0 aliphatic rings. The van der Waals surface area contributed by atoms with Crippen LogP contribution in [0, 0.1) is 6.92 Å². The van der Waals surface area contributed by atoms with Crippen molar-refractivity contribution in [3.8, 4) is 16.9 Å². The van der Waals surface area contributed by atoms with Crippen LogP contribution in [-0.4, -0.2) is 42.7 Å². The van der Waals surface area contributed by atoms with E-state index in [9.17, 15) is 4.79 Å². The Morgan fingerprint density at radius 1 is 1.03 bits per heavy atom. The van der Waals surface area contributed by atoms with Gasteiger partial charge >= 0.3 is 0 Å². The molecule has 10 nitrogen and oxygen atoms in total. The van der Waals surface area contributed by atoms with Crippen LogP contribution in [0.1, 0.15) is 42.4 Å². The Balaban J connectivity index is 1.80. The van der Waals surface area contributed by atoms with Crippen molar-refractivity contribution in [2.45, 2.75) is 33.1 Å². The first-order valence-corrected chi connectivity index (χ1v) is 10.8. The van der Waals surface area contributed by atoms with E-state index in [0.717, 1.165) is 28.1 Å². The van der Waals surface area contributed by atoms with E-state index < -0.39 is 5.91 Å². The summed E-state index contributed by atoms with van der Waals surface area (Å²) in [6, 6.07) is 9.34. The van der Waals surface area contributed by atoms with Gasteiger partial charge in [-0.25, -0.2) is 9.97 Å². The van der Waals surface area contributed by atoms with E-state index in [1.54, 1.807) is 30.1 Å². The minimum absolute atomic E-state index is 0.294.